The second-order valence-electron chi connectivity index (χ2n) is 4.90. The van der Waals surface area contributed by atoms with Gasteiger partial charge in [-0.1, -0.05) is 42.5 Å². The molecule has 0 spiro atoms. The summed E-state index contributed by atoms with van der Waals surface area (Å²) in [6.45, 7) is 4.48. The van der Waals surface area contributed by atoms with Crippen molar-refractivity contribution in [1.29, 1.82) is 0 Å². The highest BCUT2D eigenvalue weighted by atomic mass is 16.5. The van der Waals surface area contributed by atoms with Crippen LogP contribution in [0.4, 0.5) is 0 Å². The SMILES string of the molecule is C=C1C=CC=C(C(=O)N(C)Cc2ccc(OC)cc2)C1. The Bertz CT molecular complexity index is 567. The zero-order valence-corrected chi connectivity index (χ0v) is 11.9. The van der Waals surface area contributed by atoms with Crippen molar-refractivity contribution in [3.05, 3.63) is 65.8 Å². The molecule has 20 heavy (non-hydrogen) atoms. The van der Waals surface area contributed by atoms with E-state index in [4.69, 9.17) is 4.74 Å². The molecule has 1 aliphatic carbocycles. The van der Waals surface area contributed by atoms with Gasteiger partial charge in [0, 0.05) is 25.6 Å². The number of likely N-dealkylation sites (N-methyl/N-ethyl adjacent to an activating group) is 1. The standard InChI is InChI=1S/C17H19NO2/c1-13-5-4-6-15(11-13)17(19)18(2)12-14-7-9-16(20-3)10-8-14/h4-10H,1,11-12H2,2-3H3. The first kappa shape index (κ1) is 14.1. The Hall–Kier alpha value is -2.29. The van der Waals surface area contributed by atoms with Crippen molar-refractivity contribution in [2.24, 2.45) is 0 Å². The van der Waals surface area contributed by atoms with Gasteiger partial charge in [0.25, 0.3) is 0 Å². The van der Waals surface area contributed by atoms with Gasteiger partial charge >= 0.3 is 0 Å². The van der Waals surface area contributed by atoms with Gasteiger partial charge in [0.05, 0.1) is 7.11 Å². The van der Waals surface area contributed by atoms with Crippen molar-refractivity contribution >= 4 is 5.91 Å². The maximum Gasteiger partial charge on any atom is 0.250 e. The number of nitrogens with zero attached hydrogens (tertiary/aromatic N) is 1. The minimum atomic E-state index is 0.0475. The van der Waals surface area contributed by atoms with E-state index in [1.807, 2.05) is 49.5 Å². The largest absolute Gasteiger partial charge is 0.497 e. The predicted octanol–water partition coefficient (Wildman–Crippen LogP) is 3.10. The minimum Gasteiger partial charge on any atom is -0.497 e. The Kier molecular flexibility index (Phi) is 4.41. The van der Waals surface area contributed by atoms with Gasteiger partial charge in [0.15, 0.2) is 0 Å². The van der Waals surface area contributed by atoms with Gasteiger partial charge in [0.2, 0.25) is 5.91 Å². The van der Waals surface area contributed by atoms with Crippen LogP contribution in [0.15, 0.2) is 60.2 Å². The first-order valence-corrected chi connectivity index (χ1v) is 6.53. The molecule has 0 saturated carbocycles. The maximum absolute atomic E-state index is 12.3. The quantitative estimate of drug-likeness (QED) is 0.840. The van der Waals surface area contributed by atoms with Crippen molar-refractivity contribution in [3.8, 4) is 5.75 Å². The number of methoxy groups -OCH3 is 1. The molecule has 2 rings (SSSR count). The molecule has 3 heteroatoms. The van der Waals surface area contributed by atoms with Crippen LogP contribution < -0.4 is 4.74 Å². The number of benzene rings is 1. The highest BCUT2D eigenvalue weighted by Crippen LogP contribution is 2.19. The monoisotopic (exact) mass is 269 g/mol. The summed E-state index contributed by atoms with van der Waals surface area (Å²) < 4.78 is 5.12. The van der Waals surface area contributed by atoms with Crippen molar-refractivity contribution in [1.82, 2.24) is 4.90 Å². The summed E-state index contributed by atoms with van der Waals surface area (Å²) in [5, 5.41) is 0. The molecule has 0 N–H and O–H groups in total. The van der Waals surface area contributed by atoms with E-state index in [1.54, 1.807) is 12.0 Å². The Balaban J connectivity index is 2.01. The molecule has 0 bridgehead atoms. The highest BCUT2D eigenvalue weighted by Gasteiger charge is 2.16. The molecule has 1 aliphatic rings. The zero-order chi connectivity index (χ0) is 14.5. The summed E-state index contributed by atoms with van der Waals surface area (Å²) in [6.07, 6.45) is 6.30. The molecule has 1 aromatic rings. The zero-order valence-electron chi connectivity index (χ0n) is 11.9. The fourth-order valence-electron chi connectivity index (χ4n) is 2.13. The molecule has 0 atom stereocenters. The number of hydrogen-bond donors (Lipinski definition) is 0. The molecule has 0 fully saturated rings. The lowest BCUT2D eigenvalue weighted by atomic mass is 10.00. The average Bonchev–Trinajstić information content (AvgIpc) is 2.47. The first-order chi connectivity index (χ1) is 9.60. The number of carbonyl (C=O) groups is 1. The number of allylic oxidation sites excluding steroid dienone is 4. The lowest BCUT2D eigenvalue weighted by Gasteiger charge is -2.20. The smallest absolute Gasteiger partial charge is 0.250 e. The molecule has 0 heterocycles. The third-order valence-corrected chi connectivity index (χ3v) is 3.25. The first-order valence-electron chi connectivity index (χ1n) is 6.53. The van der Waals surface area contributed by atoms with E-state index >= 15 is 0 Å². The van der Waals surface area contributed by atoms with Crippen LogP contribution in [0.1, 0.15) is 12.0 Å². The van der Waals surface area contributed by atoms with E-state index in [-0.39, 0.29) is 5.91 Å². The Morgan fingerprint density at radius 3 is 2.65 bits per heavy atom. The summed E-state index contributed by atoms with van der Waals surface area (Å²) in [4.78, 5) is 14.1. The van der Waals surface area contributed by atoms with Gasteiger partial charge in [0.1, 0.15) is 5.75 Å². The van der Waals surface area contributed by atoms with Crippen molar-refractivity contribution in [2.75, 3.05) is 14.2 Å². The molecular weight excluding hydrogens is 250 g/mol. The lowest BCUT2D eigenvalue weighted by molar-refractivity contribution is -0.126. The summed E-state index contributed by atoms with van der Waals surface area (Å²) in [5.74, 6) is 0.866. The van der Waals surface area contributed by atoms with Gasteiger partial charge in [-0.2, -0.15) is 0 Å². The van der Waals surface area contributed by atoms with Crippen LogP contribution in [0, 0.1) is 0 Å². The van der Waals surface area contributed by atoms with E-state index < -0.39 is 0 Å². The summed E-state index contributed by atoms with van der Waals surface area (Å²) >= 11 is 0. The molecule has 104 valence electrons. The fourth-order valence-corrected chi connectivity index (χ4v) is 2.13. The number of carbonyl (C=O) groups excluding carboxylic acids is 1. The van der Waals surface area contributed by atoms with Gasteiger partial charge in [-0.05, 0) is 17.7 Å². The molecule has 0 aromatic heterocycles. The molecule has 0 radical (unpaired) electrons. The van der Waals surface area contributed by atoms with Crippen LogP contribution in [0.3, 0.4) is 0 Å². The highest BCUT2D eigenvalue weighted by molar-refractivity contribution is 5.94. The van der Waals surface area contributed by atoms with E-state index in [9.17, 15) is 4.79 Å². The molecule has 1 aromatic carbocycles. The van der Waals surface area contributed by atoms with Crippen molar-refractivity contribution in [2.45, 2.75) is 13.0 Å². The topological polar surface area (TPSA) is 29.5 Å². The molecule has 0 saturated heterocycles. The Morgan fingerprint density at radius 2 is 2.05 bits per heavy atom. The van der Waals surface area contributed by atoms with Gasteiger partial charge in [-0.15, -0.1) is 0 Å². The number of rotatable bonds is 4. The van der Waals surface area contributed by atoms with E-state index in [1.165, 1.54) is 0 Å². The lowest BCUT2D eigenvalue weighted by Crippen LogP contribution is -2.28. The normalized spacial score (nSPS) is 13.9. The van der Waals surface area contributed by atoms with Crippen LogP contribution in [0.5, 0.6) is 5.75 Å². The molecule has 0 aliphatic heterocycles. The minimum absolute atomic E-state index is 0.0475. The molecule has 0 unspecified atom stereocenters. The van der Waals surface area contributed by atoms with E-state index in [0.29, 0.717) is 13.0 Å². The number of hydrogen-bond acceptors (Lipinski definition) is 2. The van der Waals surface area contributed by atoms with Gasteiger partial charge in [-0.25, -0.2) is 0 Å². The Labute approximate surface area is 119 Å². The third kappa shape index (κ3) is 3.38. The summed E-state index contributed by atoms with van der Waals surface area (Å²) in [6, 6.07) is 7.74. The molecule has 1 amide bonds. The summed E-state index contributed by atoms with van der Waals surface area (Å²) in [7, 11) is 3.45. The van der Waals surface area contributed by atoms with Crippen LogP contribution in [0.25, 0.3) is 0 Å². The van der Waals surface area contributed by atoms with Crippen LogP contribution in [-0.4, -0.2) is 25.0 Å². The second kappa shape index (κ2) is 6.24. The van der Waals surface area contributed by atoms with Crippen LogP contribution in [-0.2, 0) is 11.3 Å². The van der Waals surface area contributed by atoms with Crippen LogP contribution >= 0.6 is 0 Å². The average molecular weight is 269 g/mol. The number of amides is 1. The predicted molar refractivity (Wildman–Crippen MR) is 80.4 cm³/mol. The molecular formula is C17H19NO2. The fraction of sp³-hybridized carbons (Fsp3) is 0.235. The van der Waals surface area contributed by atoms with Crippen LogP contribution in [0.2, 0.25) is 0 Å². The Morgan fingerprint density at radius 1 is 1.35 bits per heavy atom. The van der Waals surface area contributed by atoms with E-state index in [0.717, 1.165) is 22.5 Å². The maximum atomic E-state index is 12.3. The number of ether oxygens (including phenoxy) is 1. The van der Waals surface area contributed by atoms with Crippen molar-refractivity contribution < 1.29 is 9.53 Å². The molecule has 3 nitrogen and oxygen atoms in total. The van der Waals surface area contributed by atoms with Gasteiger partial charge < -0.3 is 9.64 Å². The van der Waals surface area contributed by atoms with Gasteiger partial charge in [-0.3, -0.25) is 4.79 Å². The summed E-state index contributed by atoms with van der Waals surface area (Å²) in [5.41, 5.74) is 2.83. The third-order valence-electron chi connectivity index (χ3n) is 3.25. The second-order valence-corrected chi connectivity index (χ2v) is 4.90. The van der Waals surface area contributed by atoms with Crippen molar-refractivity contribution in [3.63, 3.8) is 0 Å². The van der Waals surface area contributed by atoms with E-state index in [2.05, 4.69) is 6.58 Å².